The Balaban J connectivity index is 1.74. The molecule has 0 saturated carbocycles. The van der Waals surface area contributed by atoms with Crippen LogP contribution in [0.1, 0.15) is 63.8 Å². The number of aromatic nitrogens is 3. The summed E-state index contributed by atoms with van der Waals surface area (Å²) in [6.45, 7) is 17.9. The lowest BCUT2D eigenvalue weighted by Crippen LogP contribution is -2.19. The van der Waals surface area contributed by atoms with Gasteiger partial charge in [0.05, 0.1) is 22.3 Å². The van der Waals surface area contributed by atoms with E-state index in [1.54, 1.807) is 6.07 Å². The SMILES string of the molecule is Cc1cc(C)cc(-n2c(-c3ccccc3O)nc3c(-c4cc(-c5ccccn5)c(C(C)(C)C)cc4C(C)(C)C)cccc32)c1. The molecule has 44 heavy (non-hydrogen) atoms. The number of aromatic hydroxyl groups is 1. The fourth-order valence-corrected chi connectivity index (χ4v) is 6.30. The summed E-state index contributed by atoms with van der Waals surface area (Å²) >= 11 is 0. The molecule has 4 aromatic carbocycles. The Labute approximate surface area is 261 Å². The van der Waals surface area contributed by atoms with E-state index in [1.165, 1.54) is 22.3 Å². The van der Waals surface area contributed by atoms with Crippen LogP contribution in [0.2, 0.25) is 0 Å². The molecule has 0 aliphatic heterocycles. The van der Waals surface area contributed by atoms with E-state index in [0.717, 1.165) is 39.1 Å². The van der Waals surface area contributed by atoms with Crippen LogP contribution in [0, 0.1) is 13.8 Å². The Morgan fingerprint density at radius 3 is 1.89 bits per heavy atom. The summed E-state index contributed by atoms with van der Waals surface area (Å²) in [7, 11) is 0. The van der Waals surface area contributed by atoms with Gasteiger partial charge in [0.1, 0.15) is 11.6 Å². The largest absolute Gasteiger partial charge is 0.507 e. The molecule has 4 nitrogen and oxygen atoms in total. The highest BCUT2D eigenvalue weighted by atomic mass is 16.3. The fourth-order valence-electron chi connectivity index (χ4n) is 6.30. The normalized spacial score (nSPS) is 12.2. The summed E-state index contributed by atoms with van der Waals surface area (Å²) in [5, 5.41) is 11.0. The van der Waals surface area contributed by atoms with Crippen molar-refractivity contribution < 1.29 is 5.11 Å². The number of imidazole rings is 1. The van der Waals surface area contributed by atoms with Crippen LogP contribution in [0.4, 0.5) is 0 Å². The minimum atomic E-state index is -0.128. The highest BCUT2D eigenvalue weighted by Crippen LogP contribution is 2.44. The van der Waals surface area contributed by atoms with E-state index in [0.29, 0.717) is 11.4 Å². The second kappa shape index (κ2) is 10.8. The third-order valence-electron chi connectivity index (χ3n) is 8.30. The molecule has 2 heterocycles. The highest BCUT2D eigenvalue weighted by Gasteiger charge is 2.28. The standard InChI is InChI=1S/C40H41N3O/c1-25-20-26(2)22-27(21-25)43-35-17-13-15-28(37(35)42-38(43)29-14-9-10-18-36(29)44)30-23-31(34-16-11-12-19-41-34)33(40(6,7)8)24-32(30)39(3,4)5/h9-24,44H,1-8H3. The quantitative estimate of drug-likeness (QED) is 0.226. The molecule has 0 amide bonds. The number of para-hydroxylation sites is 2. The van der Waals surface area contributed by atoms with Crippen molar-refractivity contribution in [3.8, 4) is 45.2 Å². The predicted molar refractivity (Wildman–Crippen MR) is 184 cm³/mol. The van der Waals surface area contributed by atoms with Crippen LogP contribution in [0.3, 0.4) is 0 Å². The third kappa shape index (κ3) is 5.30. The van der Waals surface area contributed by atoms with Crippen molar-refractivity contribution in [1.29, 1.82) is 0 Å². The van der Waals surface area contributed by atoms with Gasteiger partial charge in [0.15, 0.2) is 0 Å². The summed E-state index contributed by atoms with van der Waals surface area (Å²) in [6, 6.07) is 31.3. The van der Waals surface area contributed by atoms with Crippen LogP contribution >= 0.6 is 0 Å². The number of aryl methyl sites for hydroxylation is 2. The highest BCUT2D eigenvalue weighted by molar-refractivity contribution is 5.97. The number of phenolic OH excluding ortho intramolecular Hbond substituents is 1. The molecule has 6 rings (SSSR count). The van der Waals surface area contributed by atoms with Crippen LogP contribution in [0.5, 0.6) is 5.75 Å². The summed E-state index contributed by atoms with van der Waals surface area (Å²) in [6.07, 6.45) is 1.87. The molecule has 0 saturated heterocycles. The summed E-state index contributed by atoms with van der Waals surface area (Å²) in [4.78, 5) is 10.1. The van der Waals surface area contributed by atoms with Crippen molar-refractivity contribution >= 4 is 11.0 Å². The number of phenols is 1. The summed E-state index contributed by atoms with van der Waals surface area (Å²) in [5.74, 6) is 0.918. The van der Waals surface area contributed by atoms with Gasteiger partial charge in [-0.1, -0.05) is 84.0 Å². The molecule has 0 bridgehead atoms. The van der Waals surface area contributed by atoms with E-state index in [2.05, 4.69) is 121 Å². The van der Waals surface area contributed by atoms with E-state index >= 15 is 0 Å². The van der Waals surface area contributed by atoms with Crippen molar-refractivity contribution in [3.63, 3.8) is 0 Å². The summed E-state index contributed by atoms with van der Waals surface area (Å²) in [5.41, 5.74) is 12.6. The monoisotopic (exact) mass is 579 g/mol. The molecule has 0 aliphatic carbocycles. The third-order valence-corrected chi connectivity index (χ3v) is 8.30. The number of rotatable bonds is 4. The van der Waals surface area contributed by atoms with Crippen LogP contribution in [0.15, 0.2) is 97.2 Å². The van der Waals surface area contributed by atoms with Crippen molar-refractivity contribution in [2.45, 2.75) is 66.2 Å². The van der Waals surface area contributed by atoms with Gasteiger partial charge in [0, 0.05) is 23.0 Å². The van der Waals surface area contributed by atoms with Crippen molar-refractivity contribution in [2.75, 3.05) is 0 Å². The molecule has 222 valence electrons. The number of hydrogen-bond acceptors (Lipinski definition) is 3. The molecule has 6 aromatic rings. The maximum atomic E-state index is 11.0. The Kier molecular flexibility index (Phi) is 7.20. The average molecular weight is 580 g/mol. The van der Waals surface area contributed by atoms with Gasteiger partial charge in [0.25, 0.3) is 0 Å². The first-order chi connectivity index (χ1) is 20.8. The second-order valence-corrected chi connectivity index (χ2v) is 14.0. The minimum Gasteiger partial charge on any atom is -0.507 e. The van der Waals surface area contributed by atoms with Crippen LogP contribution in [0.25, 0.3) is 50.5 Å². The Morgan fingerprint density at radius 1 is 0.614 bits per heavy atom. The van der Waals surface area contributed by atoms with Gasteiger partial charge >= 0.3 is 0 Å². The van der Waals surface area contributed by atoms with Gasteiger partial charge in [0.2, 0.25) is 0 Å². The molecule has 2 aromatic heterocycles. The van der Waals surface area contributed by atoms with Gasteiger partial charge in [-0.25, -0.2) is 4.98 Å². The van der Waals surface area contributed by atoms with E-state index in [9.17, 15) is 5.11 Å². The molecular weight excluding hydrogens is 538 g/mol. The number of fused-ring (bicyclic) bond motifs is 1. The van der Waals surface area contributed by atoms with E-state index in [-0.39, 0.29) is 16.6 Å². The van der Waals surface area contributed by atoms with Crippen LogP contribution in [-0.2, 0) is 10.8 Å². The maximum absolute atomic E-state index is 11.0. The number of pyridine rings is 1. The molecule has 0 unspecified atom stereocenters. The number of nitrogens with zero attached hydrogens (tertiary/aromatic N) is 3. The van der Waals surface area contributed by atoms with Crippen LogP contribution in [-0.4, -0.2) is 19.6 Å². The molecule has 0 atom stereocenters. The van der Waals surface area contributed by atoms with Gasteiger partial charge in [-0.05, 0) is 101 Å². The number of benzene rings is 4. The lowest BCUT2D eigenvalue weighted by molar-refractivity contribution is 0.477. The molecule has 0 spiro atoms. The van der Waals surface area contributed by atoms with E-state index in [4.69, 9.17) is 9.97 Å². The van der Waals surface area contributed by atoms with Gasteiger partial charge < -0.3 is 5.11 Å². The molecule has 1 N–H and O–H groups in total. The van der Waals surface area contributed by atoms with Gasteiger partial charge in [-0.3, -0.25) is 9.55 Å². The fraction of sp³-hybridized carbons (Fsp3) is 0.250. The van der Waals surface area contributed by atoms with Crippen LogP contribution < -0.4 is 0 Å². The van der Waals surface area contributed by atoms with E-state index in [1.807, 2.05) is 30.5 Å². The smallest absolute Gasteiger partial charge is 0.149 e. The zero-order chi connectivity index (χ0) is 31.4. The zero-order valence-corrected chi connectivity index (χ0v) is 27.0. The zero-order valence-electron chi connectivity index (χ0n) is 27.0. The van der Waals surface area contributed by atoms with Crippen molar-refractivity contribution in [3.05, 3.63) is 119 Å². The van der Waals surface area contributed by atoms with Crippen molar-refractivity contribution in [1.82, 2.24) is 14.5 Å². The van der Waals surface area contributed by atoms with E-state index < -0.39 is 0 Å². The lowest BCUT2D eigenvalue weighted by atomic mass is 9.74. The molecule has 0 aliphatic rings. The average Bonchev–Trinajstić information content (AvgIpc) is 3.35. The Bertz CT molecular complexity index is 1980. The molecular formula is C40H41N3O. The molecule has 0 radical (unpaired) electrons. The van der Waals surface area contributed by atoms with Crippen molar-refractivity contribution in [2.24, 2.45) is 0 Å². The topological polar surface area (TPSA) is 50.9 Å². The van der Waals surface area contributed by atoms with Gasteiger partial charge in [-0.2, -0.15) is 0 Å². The predicted octanol–water partition coefficient (Wildman–Crippen LogP) is 10.3. The first-order valence-corrected chi connectivity index (χ1v) is 15.3. The molecule has 0 fully saturated rings. The molecule has 4 heteroatoms. The first-order valence-electron chi connectivity index (χ1n) is 15.3. The number of hydrogen-bond donors (Lipinski definition) is 1. The maximum Gasteiger partial charge on any atom is 0.149 e. The minimum absolute atomic E-state index is 0.0833. The Morgan fingerprint density at radius 2 is 1.25 bits per heavy atom. The summed E-state index contributed by atoms with van der Waals surface area (Å²) < 4.78 is 2.19. The first kappa shape index (κ1) is 29.4. The lowest BCUT2D eigenvalue weighted by Gasteiger charge is -2.30. The van der Waals surface area contributed by atoms with Gasteiger partial charge in [-0.15, -0.1) is 0 Å². The second-order valence-electron chi connectivity index (χ2n) is 14.0. The Hall–Kier alpha value is -4.70.